The average Bonchev–Trinajstić information content (AvgIpc) is 3.11. The van der Waals surface area contributed by atoms with Gasteiger partial charge < -0.3 is 15.0 Å². The molecule has 0 radical (unpaired) electrons. The number of ether oxygens (including phenoxy) is 1. The van der Waals surface area contributed by atoms with Gasteiger partial charge in [0.1, 0.15) is 18.2 Å². The molecule has 0 fully saturated rings. The molecule has 1 heterocycles. The number of benzene rings is 3. The fourth-order valence-corrected chi connectivity index (χ4v) is 3.49. The lowest BCUT2D eigenvalue weighted by molar-refractivity contribution is 0.306. The zero-order chi connectivity index (χ0) is 19.3. The highest BCUT2D eigenvalue weighted by molar-refractivity contribution is 6.35. The molecule has 3 aromatic carbocycles. The van der Waals surface area contributed by atoms with Crippen molar-refractivity contribution in [2.75, 3.05) is 0 Å². The van der Waals surface area contributed by atoms with Gasteiger partial charge in [-0.15, -0.1) is 0 Å². The number of nitrogens with zero attached hydrogens (tertiary/aromatic N) is 1. The van der Waals surface area contributed by atoms with E-state index in [1.807, 2.05) is 60.7 Å². The summed E-state index contributed by atoms with van der Waals surface area (Å²) in [6.45, 7) is 1.70. The Kier molecular flexibility index (Phi) is 5.81. The topological polar surface area (TPSA) is 49.9 Å². The van der Waals surface area contributed by atoms with Crippen LogP contribution in [0.15, 0.2) is 66.7 Å². The van der Waals surface area contributed by atoms with E-state index in [1.165, 1.54) is 0 Å². The molecule has 4 aromatic rings. The highest BCUT2D eigenvalue weighted by Crippen LogP contribution is 2.26. The van der Waals surface area contributed by atoms with Crippen LogP contribution in [0.25, 0.3) is 11.0 Å². The van der Waals surface area contributed by atoms with Gasteiger partial charge in [0.05, 0.1) is 17.6 Å². The number of imidazole rings is 1. The Hall–Kier alpha value is -2.53. The van der Waals surface area contributed by atoms with E-state index < -0.39 is 0 Å². The van der Waals surface area contributed by atoms with Gasteiger partial charge in [-0.2, -0.15) is 0 Å². The molecule has 4 rings (SSSR count). The SMILES string of the molecule is Clc1cccc(Cl)c1COc1cccc(CNCc2nc3ccccc3[nH]2)c1. The van der Waals surface area contributed by atoms with E-state index in [-0.39, 0.29) is 0 Å². The standard InChI is InChI=1S/C22H19Cl2N3O/c23-18-7-4-8-19(24)17(18)14-28-16-6-3-5-15(11-16)12-25-13-22-26-20-9-1-2-10-21(20)27-22/h1-11,25H,12-14H2,(H,26,27). The van der Waals surface area contributed by atoms with Crippen LogP contribution in [0.3, 0.4) is 0 Å². The number of nitrogens with one attached hydrogen (secondary N) is 2. The Balaban J connectivity index is 1.34. The molecule has 1 aromatic heterocycles. The highest BCUT2D eigenvalue weighted by atomic mass is 35.5. The molecule has 0 saturated carbocycles. The summed E-state index contributed by atoms with van der Waals surface area (Å²) in [7, 11) is 0. The lowest BCUT2D eigenvalue weighted by Crippen LogP contribution is -2.13. The van der Waals surface area contributed by atoms with Crippen LogP contribution in [0.5, 0.6) is 5.75 Å². The van der Waals surface area contributed by atoms with Crippen molar-refractivity contribution >= 4 is 34.2 Å². The molecule has 4 nitrogen and oxygen atoms in total. The van der Waals surface area contributed by atoms with Crippen molar-refractivity contribution in [3.8, 4) is 5.75 Å². The quantitative estimate of drug-likeness (QED) is 0.407. The lowest BCUT2D eigenvalue weighted by Gasteiger charge is -2.11. The van der Waals surface area contributed by atoms with E-state index >= 15 is 0 Å². The van der Waals surface area contributed by atoms with Crippen molar-refractivity contribution in [1.82, 2.24) is 15.3 Å². The van der Waals surface area contributed by atoms with Crippen molar-refractivity contribution in [1.29, 1.82) is 0 Å². The molecule has 0 aliphatic carbocycles. The summed E-state index contributed by atoms with van der Waals surface area (Å²) in [6, 6.07) is 21.4. The van der Waals surface area contributed by atoms with Gasteiger partial charge in [-0.25, -0.2) is 4.98 Å². The average molecular weight is 412 g/mol. The minimum Gasteiger partial charge on any atom is -0.489 e. The Labute approximate surface area is 173 Å². The molecular formula is C22H19Cl2N3O. The molecule has 0 amide bonds. The number of fused-ring (bicyclic) bond motifs is 1. The number of rotatable bonds is 7. The monoisotopic (exact) mass is 411 g/mol. The number of hydrogen-bond acceptors (Lipinski definition) is 3. The third kappa shape index (κ3) is 4.47. The molecular weight excluding hydrogens is 393 g/mol. The molecule has 6 heteroatoms. The summed E-state index contributed by atoms with van der Waals surface area (Å²) in [6.07, 6.45) is 0. The number of aromatic nitrogens is 2. The largest absolute Gasteiger partial charge is 0.489 e. The predicted molar refractivity (Wildman–Crippen MR) is 114 cm³/mol. The fourth-order valence-electron chi connectivity index (χ4n) is 2.99. The predicted octanol–water partition coefficient (Wildman–Crippen LogP) is 5.74. The van der Waals surface area contributed by atoms with Crippen LogP contribution in [-0.2, 0) is 19.7 Å². The van der Waals surface area contributed by atoms with Crippen LogP contribution in [0.2, 0.25) is 10.0 Å². The van der Waals surface area contributed by atoms with Crippen LogP contribution in [0.1, 0.15) is 17.0 Å². The van der Waals surface area contributed by atoms with E-state index in [2.05, 4.69) is 21.4 Å². The minimum absolute atomic E-state index is 0.328. The first kappa shape index (κ1) is 18.8. The van der Waals surface area contributed by atoms with Crippen molar-refractivity contribution in [2.24, 2.45) is 0 Å². The van der Waals surface area contributed by atoms with E-state index in [1.54, 1.807) is 0 Å². The third-order valence-corrected chi connectivity index (χ3v) is 5.11. The highest BCUT2D eigenvalue weighted by Gasteiger charge is 2.07. The van der Waals surface area contributed by atoms with E-state index in [0.29, 0.717) is 29.7 Å². The van der Waals surface area contributed by atoms with Gasteiger partial charge in [0.25, 0.3) is 0 Å². The molecule has 0 bridgehead atoms. The maximum absolute atomic E-state index is 6.20. The first-order valence-corrected chi connectivity index (χ1v) is 9.73. The van der Waals surface area contributed by atoms with Crippen LogP contribution in [0.4, 0.5) is 0 Å². The number of halogens is 2. The zero-order valence-corrected chi connectivity index (χ0v) is 16.6. The second-order valence-electron chi connectivity index (χ2n) is 6.44. The van der Waals surface area contributed by atoms with E-state index in [9.17, 15) is 0 Å². The second kappa shape index (κ2) is 8.65. The fraction of sp³-hybridized carbons (Fsp3) is 0.136. The molecule has 0 spiro atoms. The molecule has 0 unspecified atom stereocenters. The summed E-state index contributed by atoms with van der Waals surface area (Å²) in [5, 5.41) is 4.62. The first-order valence-electron chi connectivity index (χ1n) is 8.98. The van der Waals surface area contributed by atoms with Crippen molar-refractivity contribution in [3.05, 3.63) is 93.7 Å². The molecule has 0 saturated heterocycles. The second-order valence-corrected chi connectivity index (χ2v) is 7.25. The van der Waals surface area contributed by atoms with Gasteiger partial charge in [0.2, 0.25) is 0 Å². The van der Waals surface area contributed by atoms with Crippen molar-refractivity contribution < 1.29 is 4.74 Å². The van der Waals surface area contributed by atoms with E-state index in [4.69, 9.17) is 27.9 Å². The summed E-state index contributed by atoms with van der Waals surface area (Å²) in [4.78, 5) is 7.89. The molecule has 0 aliphatic heterocycles. The van der Waals surface area contributed by atoms with E-state index in [0.717, 1.165) is 33.7 Å². The molecule has 0 aliphatic rings. The van der Waals surface area contributed by atoms with Gasteiger partial charge in [-0.3, -0.25) is 0 Å². The van der Waals surface area contributed by atoms with Gasteiger partial charge in [-0.1, -0.05) is 53.5 Å². The van der Waals surface area contributed by atoms with Gasteiger partial charge >= 0.3 is 0 Å². The Morgan fingerprint density at radius 3 is 2.50 bits per heavy atom. The van der Waals surface area contributed by atoms with Gasteiger partial charge in [-0.05, 0) is 42.0 Å². The van der Waals surface area contributed by atoms with Gasteiger partial charge in [0.15, 0.2) is 0 Å². The number of hydrogen-bond donors (Lipinski definition) is 2. The third-order valence-electron chi connectivity index (χ3n) is 4.40. The Bertz CT molecular complexity index is 1040. The van der Waals surface area contributed by atoms with Crippen molar-refractivity contribution in [3.63, 3.8) is 0 Å². The Morgan fingerprint density at radius 1 is 0.893 bits per heavy atom. The van der Waals surface area contributed by atoms with Crippen LogP contribution in [0, 0.1) is 0 Å². The van der Waals surface area contributed by atoms with Gasteiger partial charge in [0, 0.05) is 22.2 Å². The number of para-hydroxylation sites is 2. The Morgan fingerprint density at radius 2 is 1.68 bits per heavy atom. The molecule has 2 N–H and O–H groups in total. The first-order chi connectivity index (χ1) is 13.7. The summed E-state index contributed by atoms with van der Waals surface area (Å²) in [5.41, 5.74) is 3.94. The molecule has 142 valence electrons. The number of H-pyrrole nitrogens is 1. The number of aromatic amines is 1. The molecule has 0 atom stereocenters. The summed E-state index contributed by atoms with van der Waals surface area (Å²) < 4.78 is 5.88. The smallest absolute Gasteiger partial charge is 0.121 e. The van der Waals surface area contributed by atoms with Crippen LogP contribution in [-0.4, -0.2) is 9.97 Å². The summed E-state index contributed by atoms with van der Waals surface area (Å²) in [5.74, 6) is 1.70. The zero-order valence-electron chi connectivity index (χ0n) is 15.1. The lowest BCUT2D eigenvalue weighted by atomic mass is 10.2. The minimum atomic E-state index is 0.328. The normalized spacial score (nSPS) is 11.1. The van der Waals surface area contributed by atoms with Crippen LogP contribution < -0.4 is 10.1 Å². The van der Waals surface area contributed by atoms with Crippen LogP contribution >= 0.6 is 23.2 Å². The maximum Gasteiger partial charge on any atom is 0.121 e. The maximum atomic E-state index is 6.20. The summed E-state index contributed by atoms with van der Waals surface area (Å²) >= 11 is 12.4. The van der Waals surface area contributed by atoms with Crippen molar-refractivity contribution in [2.45, 2.75) is 19.7 Å². The molecule has 28 heavy (non-hydrogen) atoms.